The molecular formula is C39H80N4O. The fraction of sp³-hybridized carbons (Fsp3) is 0.949. The van der Waals surface area contributed by atoms with Crippen molar-refractivity contribution in [2.75, 3.05) is 6.54 Å². The van der Waals surface area contributed by atoms with Crippen molar-refractivity contribution in [3.05, 3.63) is 0 Å². The zero-order chi connectivity index (χ0) is 33.7. The molecule has 5 heteroatoms. The standard InChI is InChI=1S/C39H80N4O/c1-11-15-19-23-25-29-38(9,28-24-20-16-12-2)34(44)32-43(37(7,8)33-36(5,6)42-35(40)41)39(10,30-26-21-17-13-3)31-27-22-18-14-4/h11-33H2,1-10H3,(H4,40,41,42). The van der Waals surface area contributed by atoms with Gasteiger partial charge >= 0.3 is 0 Å². The molecule has 0 saturated heterocycles. The van der Waals surface area contributed by atoms with Gasteiger partial charge in [0, 0.05) is 22.0 Å². The first-order valence-electron chi connectivity index (χ1n) is 19.1. The van der Waals surface area contributed by atoms with Crippen LogP contribution >= 0.6 is 0 Å². The van der Waals surface area contributed by atoms with Gasteiger partial charge in [-0.05, 0) is 66.7 Å². The first-order valence-corrected chi connectivity index (χ1v) is 19.1. The van der Waals surface area contributed by atoms with Gasteiger partial charge in [0.25, 0.3) is 0 Å². The maximum Gasteiger partial charge on any atom is 0.186 e. The van der Waals surface area contributed by atoms with Gasteiger partial charge in [0.05, 0.1) is 6.54 Å². The number of ketones is 1. The molecular weight excluding hydrogens is 540 g/mol. The lowest BCUT2D eigenvalue weighted by molar-refractivity contribution is -0.135. The molecule has 0 aliphatic carbocycles. The van der Waals surface area contributed by atoms with Crippen molar-refractivity contribution in [3.63, 3.8) is 0 Å². The van der Waals surface area contributed by atoms with E-state index in [1.807, 2.05) is 0 Å². The van der Waals surface area contributed by atoms with Crippen LogP contribution in [0.3, 0.4) is 0 Å². The fourth-order valence-corrected chi connectivity index (χ4v) is 7.78. The van der Waals surface area contributed by atoms with E-state index in [0.29, 0.717) is 12.3 Å². The summed E-state index contributed by atoms with van der Waals surface area (Å²) in [4.78, 5) is 17.4. The second kappa shape index (κ2) is 22.4. The summed E-state index contributed by atoms with van der Waals surface area (Å²) in [6.07, 6.45) is 26.1. The summed E-state index contributed by atoms with van der Waals surface area (Å²) < 4.78 is 0. The van der Waals surface area contributed by atoms with Crippen LogP contribution in [0.5, 0.6) is 0 Å². The summed E-state index contributed by atoms with van der Waals surface area (Å²) in [6.45, 7) is 23.3. The smallest absolute Gasteiger partial charge is 0.186 e. The van der Waals surface area contributed by atoms with Crippen LogP contribution in [0.2, 0.25) is 0 Å². The highest BCUT2D eigenvalue weighted by Gasteiger charge is 2.45. The van der Waals surface area contributed by atoms with E-state index in [9.17, 15) is 4.79 Å². The third kappa shape index (κ3) is 17.6. The van der Waals surface area contributed by atoms with Gasteiger partial charge < -0.3 is 11.1 Å². The molecule has 1 unspecified atom stereocenters. The summed E-state index contributed by atoms with van der Waals surface area (Å²) in [5.74, 6) is 0.460. The minimum absolute atomic E-state index is 0.0121. The Bertz CT molecular complexity index is 749. The molecule has 44 heavy (non-hydrogen) atoms. The molecule has 0 aromatic heterocycles. The molecule has 0 aromatic carbocycles. The molecule has 0 rings (SSSR count). The molecule has 0 amide bonds. The fourth-order valence-electron chi connectivity index (χ4n) is 7.78. The van der Waals surface area contributed by atoms with Crippen LogP contribution in [0.15, 0.2) is 0 Å². The van der Waals surface area contributed by atoms with Crippen LogP contribution in [-0.2, 0) is 4.79 Å². The molecule has 0 spiro atoms. The van der Waals surface area contributed by atoms with Gasteiger partial charge in [-0.2, -0.15) is 0 Å². The van der Waals surface area contributed by atoms with E-state index < -0.39 is 0 Å². The molecule has 0 saturated carbocycles. The Morgan fingerprint density at radius 2 is 0.977 bits per heavy atom. The van der Waals surface area contributed by atoms with E-state index in [4.69, 9.17) is 11.1 Å². The maximum atomic E-state index is 14.7. The Kier molecular flexibility index (Phi) is 21.9. The summed E-state index contributed by atoms with van der Waals surface area (Å²) in [5, 5.41) is 11.2. The van der Waals surface area contributed by atoms with Gasteiger partial charge in [0.1, 0.15) is 0 Å². The lowest BCUT2D eigenvalue weighted by Crippen LogP contribution is -2.63. The molecule has 1 atom stereocenters. The number of nitrogens with zero attached hydrogens (tertiary/aromatic N) is 1. The summed E-state index contributed by atoms with van der Waals surface area (Å²) in [7, 11) is 0. The van der Waals surface area contributed by atoms with E-state index in [1.165, 1.54) is 96.3 Å². The minimum atomic E-state index is -0.356. The molecule has 5 nitrogen and oxygen atoms in total. The van der Waals surface area contributed by atoms with Crippen LogP contribution < -0.4 is 11.1 Å². The quantitative estimate of drug-likeness (QED) is 0.0441. The van der Waals surface area contributed by atoms with Crippen molar-refractivity contribution >= 4 is 11.7 Å². The topological polar surface area (TPSA) is 82.2 Å². The van der Waals surface area contributed by atoms with Crippen LogP contribution in [0.25, 0.3) is 0 Å². The molecule has 0 fully saturated rings. The van der Waals surface area contributed by atoms with E-state index in [1.54, 1.807) is 0 Å². The number of guanidine groups is 1. The number of hydrogen-bond acceptors (Lipinski definition) is 3. The monoisotopic (exact) mass is 621 g/mol. The Balaban J connectivity index is 6.51. The number of rotatable bonds is 29. The average molecular weight is 621 g/mol. The number of Topliss-reactive ketones (excluding diaryl/α,β-unsaturated/α-hetero) is 1. The van der Waals surface area contributed by atoms with Crippen molar-refractivity contribution in [2.24, 2.45) is 11.1 Å². The number of carbonyl (C=O) groups excluding carboxylic acids is 1. The summed E-state index contributed by atoms with van der Waals surface area (Å²) in [5.41, 5.74) is 4.90. The third-order valence-electron chi connectivity index (χ3n) is 10.3. The highest BCUT2D eigenvalue weighted by atomic mass is 16.1. The van der Waals surface area contributed by atoms with Gasteiger partial charge in [-0.1, -0.05) is 144 Å². The van der Waals surface area contributed by atoms with Crippen molar-refractivity contribution in [3.8, 4) is 0 Å². The summed E-state index contributed by atoms with van der Waals surface area (Å²) in [6, 6.07) is 0. The number of hydrogen-bond donors (Lipinski definition) is 3. The predicted molar refractivity (Wildman–Crippen MR) is 196 cm³/mol. The van der Waals surface area contributed by atoms with E-state index in [-0.39, 0.29) is 28.0 Å². The second-order valence-corrected chi connectivity index (χ2v) is 16.1. The normalized spacial score (nSPS) is 14.2. The molecule has 0 aromatic rings. The largest absolute Gasteiger partial charge is 0.370 e. The minimum Gasteiger partial charge on any atom is -0.370 e. The molecule has 4 N–H and O–H groups in total. The molecule has 0 bridgehead atoms. The molecule has 262 valence electrons. The second-order valence-electron chi connectivity index (χ2n) is 16.1. The van der Waals surface area contributed by atoms with Gasteiger partial charge in [-0.15, -0.1) is 0 Å². The van der Waals surface area contributed by atoms with Gasteiger partial charge in [0.15, 0.2) is 11.7 Å². The Labute approximate surface area is 276 Å². The Hall–Kier alpha value is -1.10. The zero-order valence-electron chi connectivity index (χ0n) is 31.7. The zero-order valence-corrected chi connectivity index (χ0v) is 31.7. The average Bonchev–Trinajstić information content (AvgIpc) is 2.93. The van der Waals surface area contributed by atoms with Crippen molar-refractivity contribution in [2.45, 2.75) is 227 Å². The van der Waals surface area contributed by atoms with Crippen LogP contribution in [0.1, 0.15) is 210 Å². The van der Waals surface area contributed by atoms with Crippen LogP contribution in [0.4, 0.5) is 0 Å². The van der Waals surface area contributed by atoms with Gasteiger partial charge in [-0.25, -0.2) is 0 Å². The van der Waals surface area contributed by atoms with Gasteiger partial charge in [-0.3, -0.25) is 15.1 Å². The molecule has 0 radical (unpaired) electrons. The molecule has 0 heterocycles. The Morgan fingerprint density at radius 3 is 1.36 bits per heavy atom. The Morgan fingerprint density at radius 1 is 0.614 bits per heavy atom. The highest BCUT2D eigenvalue weighted by Crippen LogP contribution is 2.40. The predicted octanol–water partition coefficient (Wildman–Crippen LogP) is 11.3. The highest BCUT2D eigenvalue weighted by molar-refractivity contribution is 5.86. The number of nitrogens with one attached hydrogen (secondary N) is 2. The molecule has 0 aliphatic rings. The van der Waals surface area contributed by atoms with E-state index >= 15 is 0 Å². The van der Waals surface area contributed by atoms with Gasteiger partial charge in [0.2, 0.25) is 0 Å². The van der Waals surface area contributed by atoms with Crippen LogP contribution in [-0.4, -0.2) is 39.8 Å². The molecule has 0 aliphatic heterocycles. The third-order valence-corrected chi connectivity index (χ3v) is 10.3. The number of unbranched alkanes of at least 4 members (excludes halogenated alkanes) is 13. The number of carbonyl (C=O) groups is 1. The SMILES string of the molecule is CCCCCCCC(C)(CCCCCC)C(=O)CN(C(C)(C)CC(C)(C)NC(=N)N)C(C)(CCCCCC)CCCCCC. The van der Waals surface area contributed by atoms with Crippen LogP contribution in [0, 0.1) is 10.8 Å². The van der Waals surface area contributed by atoms with E-state index in [0.717, 1.165) is 44.9 Å². The van der Waals surface area contributed by atoms with Crippen molar-refractivity contribution in [1.82, 2.24) is 10.2 Å². The maximum absolute atomic E-state index is 14.7. The van der Waals surface area contributed by atoms with Crippen molar-refractivity contribution < 1.29 is 4.79 Å². The lowest BCUT2D eigenvalue weighted by atomic mass is 9.73. The van der Waals surface area contributed by atoms with E-state index in [2.05, 4.69) is 79.5 Å². The van der Waals surface area contributed by atoms with Crippen molar-refractivity contribution in [1.29, 1.82) is 5.41 Å². The lowest BCUT2D eigenvalue weighted by Gasteiger charge is -2.53. The summed E-state index contributed by atoms with van der Waals surface area (Å²) >= 11 is 0. The first-order chi connectivity index (χ1) is 20.6. The first kappa shape index (κ1) is 42.9. The number of nitrogens with two attached hydrogens (primary N) is 1.